The zero-order valence-electron chi connectivity index (χ0n) is 12.2. The molecule has 0 aliphatic carbocycles. The first-order chi connectivity index (χ1) is 10.1. The average Bonchev–Trinajstić information content (AvgIpc) is 2.45. The number of rotatable bonds is 6. The molecule has 2 rings (SSSR count). The van der Waals surface area contributed by atoms with Gasteiger partial charge in [0.2, 0.25) is 0 Å². The van der Waals surface area contributed by atoms with Crippen LogP contribution in [0.25, 0.3) is 0 Å². The van der Waals surface area contributed by atoms with E-state index in [1.54, 1.807) is 0 Å². The molecule has 0 unspecified atom stereocenters. The fourth-order valence-electron chi connectivity index (χ4n) is 1.92. The lowest BCUT2D eigenvalue weighted by atomic mass is 10.2. The monoisotopic (exact) mass is 323 g/mol. The van der Waals surface area contributed by atoms with E-state index < -0.39 is 0 Å². The van der Waals surface area contributed by atoms with Crippen LogP contribution in [-0.2, 0) is 13.2 Å². The van der Waals surface area contributed by atoms with Crippen molar-refractivity contribution < 1.29 is 4.74 Å². The Morgan fingerprint density at radius 1 is 1.00 bits per heavy atom. The van der Waals surface area contributed by atoms with Gasteiger partial charge in [-0.05, 0) is 18.2 Å². The summed E-state index contributed by atoms with van der Waals surface area (Å²) >= 11 is 12.3. The van der Waals surface area contributed by atoms with Crippen LogP contribution in [0.5, 0.6) is 5.75 Å². The topological polar surface area (TPSA) is 21.3 Å². The molecule has 0 aromatic heterocycles. The second kappa shape index (κ2) is 7.69. The Kier molecular flexibility index (Phi) is 5.92. The molecule has 2 nitrogen and oxygen atoms in total. The quantitative estimate of drug-likeness (QED) is 0.801. The molecule has 2 aromatic carbocycles. The van der Waals surface area contributed by atoms with E-state index in [1.807, 2.05) is 36.4 Å². The summed E-state index contributed by atoms with van der Waals surface area (Å²) in [5.41, 5.74) is 1.93. The summed E-state index contributed by atoms with van der Waals surface area (Å²) < 4.78 is 5.91. The molecule has 0 aliphatic heterocycles. The van der Waals surface area contributed by atoms with Crippen molar-refractivity contribution in [3.63, 3.8) is 0 Å². The smallest absolute Gasteiger partial charge is 0.124 e. The Morgan fingerprint density at radius 3 is 2.33 bits per heavy atom. The second-order valence-corrected chi connectivity index (χ2v) is 5.95. The summed E-state index contributed by atoms with van der Waals surface area (Å²) in [7, 11) is 0. The van der Waals surface area contributed by atoms with Gasteiger partial charge in [0.1, 0.15) is 12.4 Å². The van der Waals surface area contributed by atoms with Gasteiger partial charge < -0.3 is 10.1 Å². The van der Waals surface area contributed by atoms with E-state index in [1.165, 1.54) is 0 Å². The van der Waals surface area contributed by atoms with Crippen molar-refractivity contribution in [1.29, 1.82) is 0 Å². The van der Waals surface area contributed by atoms with Gasteiger partial charge in [-0.25, -0.2) is 0 Å². The third-order valence-corrected chi connectivity index (χ3v) is 3.82. The van der Waals surface area contributed by atoms with Crippen LogP contribution >= 0.6 is 23.2 Å². The van der Waals surface area contributed by atoms with Gasteiger partial charge in [0.15, 0.2) is 0 Å². The molecule has 0 heterocycles. The lowest BCUT2D eigenvalue weighted by Crippen LogP contribution is -2.22. The van der Waals surface area contributed by atoms with Crippen LogP contribution in [0.2, 0.25) is 10.0 Å². The van der Waals surface area contributed by atoms with Crippen molar-refractivity contribution in [3.05, 3.63) is 63.6 Å². The van der Waals surface area contributed by atoms with Crippen LogP contribution in [0.4, 0.5) is 0 Å². The summed E-state index contributed by atoms with van der Waals surface area (Å²) in [6.45, 7) is 5.36. The normalized spacial score (nSPS) is 10.9. The van der Waals surface area contributed by atoms with Crippen molar-refractivity contribution in [1.82, 2.24) is 5.32 Å². The summed E-state index contributed by atoms with van der Waals surface area (Å²) in [4.78, 5) is 0. The van der Waals surface area contributed by atoms with Crippen molar-refractivity contribution >= 4 is 23.2 Å². The molecule has 0 saturated heterocycles. The number of hydrogen-bond donors (Lipinski definition) is 1. The summed E-state index contributed by atoms with van der Waals surface area (Å²) in [5.74, 6) is 0.849. The van der Waals surface area contributed by atoms with E-state index in [-0.39, 0.29) is 0 Å². The third-order valence-electron chi connectivity index (χ3n) is 3.11. The van der Waals surface area contributed by atoms with E-state index in [2.05, 4.69) is 25.2 Å². The minimum absolute atomic E-state index is 0.358. The number of benzene rings is 2. The Morgan fingerprint density at radius 2 is 1.67 bits per heavy atom. The van der Waals surface area contributed by atoms with Gasteiger partial charge in [0.05, 0.1) is 0 Å². The van der Waals surface area contributed by atoms with E-state index in [0.717, 1.165) is 23.4 Å². The zero-order valence-corrected chi connectivity index (χ0v) is 13.7. The fourth-order valence-corrected chi connectivity index (χ4v) is 2.43. The predicted molar refractivity (Wildman–Crippen MR) is 89.2 cm³/mol. The van der Waals surface area contributed by atoms with Crippen LogP contribution in [0.3, 0.4) is 0 Å². The summed E-state index contributed by atoms with van der Waals surface area (Å²) in [6, 6.07) is 13.9. The molecular formula is C17H19Cl2NO. The molecule has 2 aromatic rings. The molecule has 0 bridgehead atoms. The van der Waals surface area contributed by atoms with Crippen LogP contribution in [-0.4, -0.2) is 6.04 Å². The molecule has 1 N–H and O–H groups in total. The van der Waals surface area contributed by atoms with Crippen molar-refractivity contribution in [2.75, 3.05) is 0 Å². The standard InChI is InChI=1S/C17H19Cl2NO/c1-12(2)20-10-13-6-3-4-9-17(13)21-11-14-15(18)7-5-8-16(14)19/h3-9,12,20H,10-11H2,1-2H3. The molecule has 0 atom stereocenters. The molecule has 0 aliphatic rings. The SMILES string of the molecule is CC(C)NCc1ccccc1OCc1c(Cl)cccc1Cl. The number of ether oxygens (including phenoxy) is 1. The predicted octanol–water partition coefficient (Wildman–Crippen LogP) is 5.07. The van der Waals surface area contributed by atoms with Gasteiger partial charge in [-0.1, -0.05) is 61.3 Å². The van der Waals surface area contributed by atoms with E-state index in [0.29, 0.717) is 22.7 Å². The highest BCUT2D eigenvalue weighted by atomic mass is 35.5. The molecule has 0 saturated carbocycles. The molecule has 0 radical (unpaired) electrons. The lowest BCUT2D eigenvalue weighted by molar-refractivity contribution is 0.302. The Labute approximate surface area is 136 Å². The molecular weight excluding hydrogens is 305 g/mol. The first-order valence-electron chi connectivity index (χ1n) is 6.95. The Balaban J connectivity index is 2.09. The molecule has 0 fully saturated rings. The third kappa shape index (κ3) is 4.63. The van der Waals surface area contributed by atoms with Crippen molar-refractivity contribution in [2.45, 2.75) is 33.0 Å². The van der Waals surface area contributed by atoms with Crippen LogP contribution in [0.15, 0.2) is 42.5 Å². The minimum Gasteiger partial charge on any atom is -0.488 e. The second-order valence-electron chi connectivity index (χ2n) is 5.13. The Hall–Kier alpha value is -1.22. The van der Waals surface area contributed by atoms with Crippen LogP contribution in [0.1, 0.15) is 25.0 Å². The fraction of sp³-hybridized carbons (Fsp3) is 0.294. The largest absolute Gasteiger partial charge is 0.488 e. The first kappa shape index (κ1) is 16.2. The van der Waals surface area contributed by atoms with E-state index >= 15 is 0 Å². The average molecular weight is 324 g/mol. The summed E-state index contributed by atoms with van der Waals surface area (Å²) in [5, 5.41) is 4.64. The maximum absolute atomic E-state index is 6.16. The van der Waals surface area contributed by atoms with Crippen molar-refractivity contribution in [2.24, 2.45) is 0 Å². The number of halogens is 2. The van der Waals surface area contributed by atoms with E-state index in [9.17, 15) is 0 Å². The maximum Gasteiger partial charge on any atom is 0.124 e. The van der Waals surface area contributed by atoms with E-state index in [4.69, 9.17) is 27.9 Å². The van der Waals surface area contributed by atoms with Crippen molar-refractivity contribution in [3.8, 4) is 5.75 Å². The molecule has 21 heavy (non-hydrogen) atoms. The highest BCUT2D eigenvalue weighted by Crippen LogP contribution is 2.27. The van der Waals surface area contributed by atoms with Gasteiger partial charge in [0, 0.05) is 33.8 Å². The van der Waals surface area contributed by atoms with Gasteiger partial charge in [-0.2, -0.15) is 0 Å². The van der Waals surface area contributed by atoms with Gasteiger partial charge >= 0.3 is 0 Å². The first-order valence-corrected chi connectivity index (χ1v) is 7.70. The highest BCUT2D eigenvalue weighted by molar-refractivity contribution is 6.35. The number of nitrogens with one attached hydrogen (secondary N) is 1. The minimum atomic E-state index is 0.358. The molecule has 0 spiro atoms. The molecule has 112 valence electrons. The van der Waals surface area contributed by atoms with Crippen LogP contribution in [0, 0.1) is 0 Å². The zero-order chi connectivity index (χ0) is 15.2. The van der Waals surface area contributed by atoms with Crippen LogP contribution < -0.4 is 10.1 Å². The molecule has 0 amide bonds. The summed E-state index contributed by atoms with van der Waals surface area (Å²) in [6.07, 6.45) is 0. The van der Waals surface area contributed by atoms with Gasteiger partial charge in [-0.3, -0.25) is 0 Å². The van der Waals surface area contributed by atoms with Gasteiger partial charge in [0.25, 0.3) is 0 Å². The number of hydrogen-bond acceptors (Lipinski definition) is 2. The lowest BCUT2D eigenvalue weighted by Gasteiger charge is -2.14. The number of para-hydroxylation sites is 1. The van der Waals surface area contributed by atoms with Gasteiger partial charge in [-0.15, -0.1) is 0 Å². The maximum atomic E-state index is 6.16. The molecule has 4 heteroatoms. The Bertz CT molecular complexity index is 579. The highest BCUT2D eigenvalue weighted by Gasteiger charge is 2.08.